The Bertz CT molecular complexity index is 823. The van der Waals surface area contributed by atoms with Crippen molar-refractivity contribution in [1.82, 2.24) is 0 Å². The predicted molar refractivity (Wildman–Crippen MR) is 90.8 cm³/mol. The molecule has 7 heteroatoms. The summed E-state index contributed by atoms with van der Waals surface area (Å²) in [5.41, 5.74) is 0.635. The van der Waals surface area contributed by atoms with E-state index in [9.17, 15) is 13.2 Å². The second-order valence-electron chi connectivity index (χ2n) is 5.08. The van der Waals surface area contributed by atoms with Gasteiger partial charge >= 0.3 is 0 Å². The molecule has 0 saturated carbocycles. The summed E-state index contributed by atoms with van der Waals surface area (Å²) in [5, 5.41) is 3.00. The van der Waals surface area contributed by atoms with E-state index in [1.54, 1.807) is 49.6 Å². The molecule has 1 aliphatic heterocycles. The van der Waals surface area contributed by atoms with Crippen LogP contribution in [0, 0.1) is 0 Å². The third-order valence-corrected chi connectivity index (χ3v) is 5.78. The fraction of sp³-hybridized carbons (Fsp3) is 0.188. The highest BCUT2D eigenvalue weighted by Gasteiger charge is 2.32. The molecule has 0 N–H and O–H groups in total. The van der Waals surface area contributed by atoms with Crippen molar-refractivity contribution in [3.8, 4) is 5.75 Å². The molecule has 1 atom stereocenters. The van der Waals surface area contributed by atoms with E-state index in [2.05, 4.69) is 0 Å². The summed E-state index contributed by atoms with van der Waals surface area (Å²) < 4.78 is 28.6. The van der Waals surface area contributed by atoms with Crippen LogP contribution >= 0.6 is 11.3 Å². The van der Waals surface area contributed by atoms with E-state index in [4.69, 9.17) is 4.74 Å². The van der Waals surface area contributed by atoms with E-state index < -0.39 is 15.9 Å². The SMILES string of the molecule is COc1ccc(N(C(=O)c2cccs2)[C@H]2C=CS(=O)(=O)C2)cc1. The molecular weight excluding hydrogens is 334 g/mol. The molecule has 1 aliphatic rings. The smallest absolute Gasteiger partial charge is 0.268 e. The number of thiophene rings is 1. The lowest BCUT2D eigenvalue weighted by Crippen LogP contribution is -2.40. The monoisotopic (exact) mass is 349 g/mol. The Morgan fingerprint density at radius 2 is 2.00 bits per heavy atom. The highest BCUT2D eigenvalue weighted by atomic mass is 32.2. The van der Waals surface area contributed by atoms with E-state index in [0.717, 1.165) is 0 Å². The van der Waals surface area contributed by atoms with E-state index >= 15 is 0 Å². The summed E-state index contributed by atoms with van der Waals surface area (Å²) in [4.78, 5) is 14.9. The zero-order valence-corrected chi connectivity index (χ0v) is 14.0. The van der Waals surface area contributed by atoms with Crippen molar-refractivity contribution in [2.24, 2.45) is 0 Å². The molecule has 3 rings (SSSR count). The van der Waals surface area contributed by atoms with Crippen LogP contribution in [0.5, 0.6) is 5.75 Å². The zero-order valence-electron chi connectivity index (χ0n) is 12.4. The van der Waals surface area contributed by atoms with E-state index in [1.165, 1.54) is 21.6 Å². The maximum atomic E-state index is 12.8. The first kappa shape index (κ1) is 15.8. The molecule has 0 radical (unpaired) electrons. The van der Waals surface area contributed by atoms with Crippen molar-refractivity contribution < 1.29 is 17.9 Å². The number of nitrogens with zero attached hydrogens (tertiary/aromatic N) is 1. The molecule has 1 amide bonds. The Hall–Kier alpha value is -2.12. The number of hydrogen-bond acceptors (Lipinski definition) is 5. The first-order chi connectivity index (χ1) is 11.0. The number of anilines is 1. The summed E-state index contributed by atoms with van der Waals surface area (Å²) >= 11 is 1.33. The van der Waals surface area contributed by atoms with Crippen LogP contribution in [0.2, 0.25) is 0 Å². The minimum Gasteiger partial charge on any atom is -0.497 e. The normalized spacial score (nSPS) is 18.7. The molecule has 2 heterocycles. The van der Waals surface area contributed by atoms with Crippen molar-refractivity contribution in [3.05, 3.63) is 58.1 Å². The minimum atomic E-state index is -3.26. The van der Waals surface area contributed by atoms with Gasteiger partial charge in [0.1, 0.15) is 5.75 Å². The van der Waals surface area contributed by atoms with E-state index in [1.807, 2.05) is 5.38 Å². The highest BCUT2D eigenvalue weighted by molar-refractivity contribution is 7.94. The summed E-state index contributed by atoms with van der Waals surface area (Å²) in [6.45, 7) is 0. The molecule has 2 aromatic rings. The number of rotatable bonds is 4. The van der Waals surface area contributed by atoms with Gasteiger partial charge in [0.25, 0.3) is 5.91 Å². The topological polar surface area (TPSA) is 63.7 Å². The molecule has 0 fully saturated rings. The van der Waals surface area contributed by atoms with Crippen LogP contribution in [0.4, 0.5) is 5.69 Å². The van der Waals surface area contributed by atoms with Crippen LogP contribution in [-0.2, 0) is 9.84 Å². The van der Waals surface area contributed by atoms with Crippen molar-refractivity contribution in [2.45, 2.75) is 6.04 Å². The second-order valence-corrected chi connectivity index (χ2v) is 7.95. The van der Waals surface area contributed by atoms with Gasteiger partial charge in [0, 0.05) is 11.1 Å². The minimum absolute atomic E-state index is 0.101. The van der Waals surface area contributed by atoms with Crippen LogP contribution in [0.3, 0.4) is 0 Å². The number of sulfone groups is 1. The largest absolute Gasteiger partial charge is 0.497 e. The number of amides is 1. The Kier molecular flexibility index (Phi) is 4.23. The van der Waals surface area contributed by atoms with Gasteiger partial charge in [-0.1, -0.05) is 6.07 Å². The number of methoxy groups -OCH3 is 1. The molecule has 5 nitrogen and oxygen atoms in total. The first-order valence-corrected chi connectivity index (χ1v) is 9.52. The highest BCUT2D eigenvalue weighted by Crippen LogP contribution is 2.27. The van der Waals surface area contributed by atoms with Gasteiger partial charge in [0.2, 0.25) is 0 Å². The van der Waals surface area contributed by atoms with Crippen LogP contribution < -0.4 is 9.64 Å². The van der Waals surface area contributed by atoms with Gasteiger partial charge < -0.3 is 4.74 Å². The molecule has 0 unspecified atom stereocenters. The number of carbonyl (C=O) groups excluding carboxylic acids is 1. The Morgan fingerprint density at radius 3 is 2.52 bits per heavy atom. The van der Waals surface area contributed by atoms with Gasteiger partial charge in [-0.25, -0.2) is 8.42 Å². The van der Waals surface area contributed by atoms with Gasteiger partial charge in [-0.05, 0) is 41.8 Å². The van der Waals surface area contributed by atoms with Gasteiger partial charge in [0.05, 0.1) is 23.8 Å². The number of ether oxygens (including phenoxy) is 1. The van der Waals surface area contributed by atoms with Gasteiger partial charge in [-0.3, -0.25) is 9.69 Å². The van der Waals surface area contributed by atoms with Crippen LogP contribution in [-0.4, -0.2) is 33.2 Å². The molecule has 0 spiro atoms. The number of hydrogen-bond donors (Lipinski definition) is 0. The lowest BCUT2D eigenvalue weighted by Gasteiger charge is -2.27. The fourth-order valence-corrected chi connectivity index (χ4v) is 4.37. The lowest BCUT2D eigenvalue weighted by atomic mass is 10.2. The molecule has 1 aromatic carbocycles. The van der Waals surface area contributed by atoms with Gasteiger partial charge in [-0.15, -0.1) is 11.3 Å². The molecule has 23 heavy (non-hydrogen) atoms. The molecule has 0 saturated heterocycles. The van der Waals surface area contributed by atoms with Crippen molar-refractivity contribution in [2.75, 3.05) is 17.8 Å². The van der Waals surface area contributed by atoms with Crippen molar-refractivity contribution in [3.63, 3.8) is 0 Å². The fourth-order valence-electron chi connectivity index (χ4n) is 2.44. The van der Waals surface area contributed by atoms with Crippen molar-refractivity contribution in [1.29, 1.82) is 0 Å². The van der Waals surface area contributed by atoms with Crippen molar-refractivity contribution >= 4 is 32.8 Å². The third-order valence-electron chi connectivity index (χ3n) is 3.54. The van der Waals surface area contributed by atoms with Crippen LogP contribution in [0.15, 0.2) is 53.3 Å². The van der Waals surface area contributed by atoms with Gasteiger partial charge in [-0.2, -0.15) is 0 Å². The van der Waals surface area contributed by atoms with Gasteiger partial charge in [0.15, 0.2) is 9.84 Å². The molecular formula is C16H15NO4S2. The standard InChI is InChI=1S/C16H15NO4S2/c1-21-14-6-4-12(5-7-14)17(13-8-10-23(19,20)11-13)16(18)15-3-2-9-22-15/h2-10,13H,11H2,1H3/t13-/m0/s1. The molecule has 0 bridgehead atoms. The van der Waals surface area contributed by atoms with Crippen LogP contribution in [0.1, 0.15) is 9.67 Å². The Labute approximate surface area is 138 Å². The quantitative estimate of drug-likeness (QED) is 0.851. The van der Waals surface area contributed by atoms with E-state index in [0.29, 0.717) is 16.3 Å². The Balaban J connectivity index is 1.99. The average molecular weight is 349 g/mol. The van der Waals surface area contributed by atoms with Crippen LogP contribution in [0.25, 0.3) is 0 Å². The lowest BCUT2D eigenvalue weighted by molar-refractivity contribution is 0.0987. The predicted octanol–water partition coefficient (Wildman–Crippen LogP) is 2.71. The summed E-state index contributed by atoms with van der Waals surface area (Å²) in [5.74, 6) is 0.361. The third kappa shape index (κ3) is 3.30. The summed E-state index contributed by atoms with van der Waals surface area (Å²) in [6, 6.07) is 10.0. The number of carbonyl (C=O) groups is 1. The Morgan fingerprint density at radius 1 is 1.26 bits per heavy atom. The number of benzene rings is 1. The second kappa shape index (κ2) is 6.17. The van der Waals surface area contributed by atoms with E-state index in [-0.39, 0.29) is 11.7 Å². The molecule has 1 aromatic heterocycles. The first-order valence-electron chi connectivity index (χ1n) is 6.92. The molecule has 120 valence electrons. The maximum Gasteiger partial charge on any atom is 0.268 e. The summed E-state index contributed by atoms with van der Waals surface area (Å²) in [6.07, 6.45) is 1.56. The maximum absolute atomic E-state index is 12.8. The zero-order chi connectivity index (χ0) is 16.4. The average Bonchev–Trinajstić information content (AvgIpc) is 3.18. The molecule has 0 aliphatic carbocycles. The summed E-state index contributed by atoms with van der Waals surface area (Å²) in [7, 11) is -1.69.